The third kappa shape index (κ3) is 5.15. The van der Waals surface area contributed by atoms with Crippen LogP contribution in [-0.4, -0.2) is 17.0 Å². The topological polar surface area (TPSA) is 80.3 Å². The summed E-state index contributed by atoms with van der Waals surface area (Å²) in [6, 6.07) is 19.5. The summed E-state index contributed by atoms with van der Waals surface area (Å²) in [5.74, 6) is -0.489. The molecule has 0 radical (unpaired) electrons. The lowest BCUT2D eigenvalue weighted by atomic mass is 9.93. The second-order valence-electron chi connectivity index (χ2n) is 7.36. The first-order valence-corrected chi connectivity index (χ1v) is 10.6. The molecule has 2 amide bonds. The molecular formula is C25H22ClN3O3. The SMILES string of the molecule is O=C1NC(CCc2ccccc2Cl)=C(C(=O)OCc2ccccc2)C(c2ccncc2)N1. The minimum atomic E-state index is -0.642. The number of amides is 2. The Morgan fingerprint density at radius 3 is 2.44 bits per heavy atom. The smallest absolute Gasteiger partial charge is 0.338 e. The number of allylic oxidation sites excluding steroid dienone is 1. The number of nitrogens with zero attached hydrogens (tertiary/aromatic N) is 1. The van der Waals surface area contributed by atoms with E-state index in [0.717, 1.165) is 16.7 Å². The highest BCUT2D eigenvalue weighted by Crippen LogP contribution is 2.30. The molecule has 2 heterocycles. The molecule has 32 heavy (non-hydrogen) atoms. The van der Waals surface area contributed by atoms with E-state index in [2.05, 4.69) is 15.6 Å². The normalized spacial score (nSPS) is 15.7. The Balaban J connectivity index is 1.65. The van der Waals surface area contributed by atoms with Gasteiger partial charge in [0, 0.05) is 23.1 Å². The Bertz CT molecular complexity index is 1130. The van der Waals surface area contributed by atoms with Gasteiger partial charge < -0.3 is 15.4 Å². The van der Waals surface area contributed by atoms with Crippen molar-refractivity contribution in [3.63, 3.8) is 0 Å². The van der Waals surface area contributed by atoms with Crippen molar-refractivity contribution in [2.45, 2.75) is 25.5 Å². The number of hydrogen-bond acceptors (Lipinski definition) is 4. The van der Waals surface area contributed by atoms with Crippen LogP contribution < -0.4 is 10.6 Å². The number of urea groups is 1. The van der Waals surface area contributed by atoms with Gasteiger partial charge in [-0.1, -0.05) is 60.1 Å². The van der Waals surface area contributed by atoms with Gasteiger partial charge in [0.05, 0.1) is 11.6 Å². The van der Waals surface area contributed by atoms with E-state index < -0.39 is 12.0 Å². The minimum Gasteiger partial charge on any atom is -0.457 e. The summed E-state index contributed by atoms with van der Waals surface area (Å²) >= 11 is 6.30. The van der Waals surface area contributed by atoms with Gasteiger partial charge in [0.15, 0.2) is 0 Å². The number of nitrogens with one attached hydrogen (secondary N) is 2. The van der Waals surface area contributed by atoms with E-state index >= 15 is 0 Å². The second-order valence-corrected chi connectivity index (χ2v) is 7.76. The molecule has 6 nitrogen and oxygen atoms in total. The first-order valence-electron chi connectivity index (χ1n) is 10.3. The van der Waals surface area contributed by atoms with Crippen molar-refractivity contribution >= 4 is 23.6 Å². The number of aromatic nitrogens is 1. The molecule has 3 aromatic rings. The minimum absolute atomic E-state index is 0.137. The quantitative estimate of drug-likeness (QED) is 0.513. The summed E-state index contributed by atoms with van der Waals surface area (Å²) in [6.07, 6.45) is 4.24. The van der Waals surface area contributed by atoms with E-state index in [9.17, 15) is 9.59 Å². The summed E-state index contributed by atoms with van der Waals surface area (Å²) in [6.45, 7) is 0.137. The van der Waals surface area contributed by atoms with E-state index in [0.29, 0.717) is 29.1 Å². The zero-order valence-electron chi connectivity index (χ0n) is 17.3. The fourth-order valence-electron chi connectivity index (χ4n) is 3.62. The number of ether oxygens (including phenoxy) is 1. The van der Waals surface area contributed by atoms with Gasteiger partial charge in [-0.05, 0) is 47.7 Å². The predicted octanol–water partition coefficient (Wildman–Crippen LogP) is 4.72. The van der Waals surface area contributed by atoms with Crippen molar-refractivity contribution in [3.05, 3.63) is 112 Å². The van der Waals surface area contributed by atoms with Gasteiger partial charge in [0.25, 0.3) is 0 Å². The number of pyridine rings is 1. The highest BCUT2D eigenvalue weighted by molar-refractivity contribution is 6.31. The molecule has 0 saturated carbocycles. The van der Waals surface area contributed by atoms with Crippen molar-refractivity contribution in [2.75, 3.05) is 0 Å². The average Bonchev–Trinajstić information content (AvgIpc) is 2.83. The van der Waals surface area contributed by atoms with E-state index in [4.69, 9.17) is 16.3 Å². The number of esters is 1. The Hall–Kier alpha value is -3.64. The number of rotatable bonds is 7. The van der Waals surface area contributed by atoms with E-state index in [1.54, 1.807) is 24.5 Å². The third-order valence-electron chi connectivity index (χ3n) is 5.23. The Kier molecular flexibility index (Phi) is 6.82. The zero-order chi connectivity index (χ0) is 22.3. The van der Waals surface area contributed by atoms with Crippen LogP contribution in [0.15, 0.2) is 90.4 Å². The highest BCUT2D eigenvalue weighted by atomic mass is 35.5. The van der Waals surface area contributed by atoms with E-state index in [-0.39, 0.29) is 12.6 Å². The van der Waals surface area contributed by atoms with Crippen LogP contribution in [0, 0.1) is 0 Å². The first-order chi connectivity index (χ1) is 15.6. The monoisotopic (exact) mass is 447 g/mol. The van der Waals surface area contributed by atoms with Crippen molar-refractivity contribution in [1.82, 2.24) is 15.6 Å². The first kappa shape index (κ1) is 21.6. The zero-order valence-corrected chi connectivity index (χ0v) is 18.0. The largest absolute Gasteiger partial charge is 0.457 e. The molecule has 7 heteroatoms. The van der Waals surface area contributed by atoms with Crippen molar-refractivity contribution < 1.29 is 14.3 Å². The standard InChI is InChI=1S/C25H22ClN3O3/c26-20-9-5-4-8-18(20)10-11-21-22(24(30)32-16-17-6-2-1-3-7-17)23(29-25(31)28-21)19-12-14-27-15-13-19/h1-9,12-15,23H,10-11,16H2,(H2,28,29,31). The summed E-state index contributed by atoms with van der Waals surface area (Å²) in [4.78, 5) is 29.7. The number of halogens is 1. The molecule has 0 spiro atoms. The summed E-state index contributed by atoms with van der Waals surface area (Å²) in [5, 5.41) is 6.29. The lowest BCUT2D eigenvalue weighted by molar-refractivity contribution is -0.140. The summed E-state index contributed by atoms with van der Waals surface area (Å²) in [7, 11) is 0. The number of benzene rings is 2. The lowest BCUT2D eigenvalue weighted by Gasteiger charge is -2.29. The molecule has 1 unspecified atom stereocenters. The lowest BCUT2D eigenvalue weighted by Crippen LogP contribution is -2.46. The molecular weight excluding hydrogens is 426 g/mol. The van der Waals surface area contributed by atoms with Gasteiger partial charge in [-0.25, -0.2) is 9.59 Å². The van der Waals surface area contributed by atoms with Crippen LogP contribution in [0.5, 0.6) is 0 Å². The predicted molar refractivity (Wildman–Crippen MR) is 122 cm³/mol. The van der Waals surface area contributed by atoms with Crippen LogP contribution in [-0.2, 0) is 22.6 Å². The third-order valence-corrected chi connectivity index (χ3v) is 5.60. The molecule has 2 aromatic carbocycles. The highest BCUT2D eigenvalue weighted by Gasteiger charge is 2.33. The Labute approximate surface area is 191 Å². The molecule has 162 valence electrons. The molecule has 0 fully saturated rings. The van der Waals surface area contributed by atoms with Gasteiger partial charge >= 0.3 is 12.0 Å². The number of hydrogen-bond donors (Lipinski definition) is 2. The Morgan fingerprint density at radius 1 is 0.969 bits per heavy atom. The fourth-order valence-corrected chi connectivity index (χ4v) is 3.85. The molecule has 0 saturated heterocycles. The molecule has 1 aliphatic heterocycles. The van der Waals surface area contributed by atoms with Crippen LogP contribution in [0.1, 0.15) is 29.2 Å². The molecule has 1 atom stereocenters. The number of carbonyl (C=O) groups excluding carboxylic acids is 2. The summed E-state index contributed by atoms with van der Waals surface area (Å²) < 4.78 is 5.63. The van der Waals surface area contributed by atoms with Gasteiger partial charge in [-0.3, -0.25) is 4.98 Å². The molecule has 4 rings (SSSR count). The molecule has 0 aliphatic carbocycles. The van der Waals surface area contributed by atoms with Crippen LogP contribution in [0.2, 0.25) is 5.02 Å². The van der Waals surface area contributed by atoms with Gasteiger partial charge in [0.1, 0.15) is 6.61 Å². The van der Waals surface area contributed by atoms with Gasteiger partial charge in [-0.15, -0.1) is 0 Å². The van der Waals surface area contributed by atoms with E-state index in [1.165, 1.54) is 0 Å². The molecule has 1 aliphatic rings. The van der Waals surface area contributed by atoms with Crippen LogP contribution in [0.25, 0.3) is 0 Å². The second kappa shape index (κ2) is 10.1. The fraction of sp³-hybridized carbons (Fsp3) is 0.160. The van der Waals surface area contributed by atoms with Crippen molar-refractivity contribution in [2.24, 2.45) is 0 Å². The van der Waals surface area contributed by atoms with Crippen LogP contribution in [0.4, 0.5) is 4.79 Å². The summed E-state index contributed by atoms with van der Waals surface area (Å²) in [5.41, 5.74) is 3.46. The number of aryl methyl sites for hydroxylation is 1. The van der Waals surface area contributed by atoms with Gasteiger partial charge in [-0.2, -0.15) is 0 Å². The molecule has 1 aromatic heterocycles. The van der Waals surface area contributed by atoms with E-state index in [1.807, 2.05) is 54.6 Å². The van der Waals surface area contributed by atoms with Gasteiger partial charge in [0.2, 0.25) is 0 Å². The van der Waals surface area contributed by atoms with Crippen molar-refractivity contribution in [1.29, 1.82) is 0 Å². The average molecular weight is 448 g/mol. The maximum absolute atomic E-state index is 13.2. The van der Waals surface area contributed by atoms with Crippen molar-refractivity contribution in [3.8, 4) is 0 Å². The maximum atomic E-state index is 13.2. The Morgan fingerprint density at radius 2 is 1.69 bits per heavy atom. The molecule has 0 bridgehead atoms. The van der Waals surface area contributed by atoms with Crippen LogP contribution in [0.3, 0.4) is 0 Å². The van der Waals surface area contributed by atoms with Crippen LogP contribution >= 0.6 is 11.6 Å². The molecule has 2 N–H and O–H groups in total. The number of carbonyl (C=O) groups is 2. The maximum Gasteiger partial charge on any atom is 0.338 e.